The first kappa shape index (κ1) is 5.55. The number of thiazole rings is 1. The van der Waals surface area contributed by atoms with Crippen molar-refractivity contribution in [2.45, 2.75) is 0 Å². The van der Waals surface area contributed by atoms with Crippen LogP contribution < -0.4 is 0 Å². The fourth-order valence-corrected chi connectivity index (χ4v) is 1.23. The third kappa shape index (κ3) is 0.801. The summed E-state index contributed by atoms with van der Waals surface area (Å²) >= 11 is 1.54. The predicted octanol–water partition coefficient (Wildman–Crippen LogP) is 0.928. The van der Waals surface area contributed by atoms with E-state index in [0.29, 0.717) is 0 Å². The number of hydrogen-bond donors (Lipinski definition) is 1. The summed E-state index contributed by atoms with van der Waals surface area (Å²) in [7, 11) is 0. The molecule has 0 aromatic carbocycles. The summed E-state index contributed by atoms with van der Waals surface area (Å²) in [5.41, 5.74) is 1.76. The molecule has 2 aromatic heterocycles. The van der Waals surface area contributed by atoms with Crippen molar-refractivity contribution < 1.29 is 0 Å². The first-order valence-corrected chi connectivity index (χ1v) is 3.60. The molecule has 5 heteroatoms. The van der Waals surface area contributed by atoms with Gasteiger partial charge in [0.2, 0.25) is 0 Å². The summed E-state index contributed by atoms with van der Waals surface area (Å²) in [6.07, 6.45) is 3.31. The van der Waals surface area contributed by atoms with Gasteiger partial charge in [0, 0.05) is 6.20 Å². The molecule has 0 saturated carbocycles. The number of nitrogens with one attached hydrogen (secondary N) is 1. The Labute approximate surface area is 61.0 Å². The van der Waals surface area contributed by atoms with Crippen molar-refractivity contribution in [2.24, 2.45) is 0 Å². The van der Waals surface area contributed by atoms with Crippen molar-refractivity contribution in [3.63, 3.8) is 0 Å². The maximum Gasteiger partial charge on any atom is 0.172 e. The molecule has 0 radical (unpaired) electrons. The van der Waals surface area contributed by atoms with E-state index in [0.717, 1.165) is 10.7 Å². The summed E-state index contributed by atoms with van der Waals surface area (Å²) in [6.45, 7) is 0. The van der Waals surface area contributed by atoms with Crippen molar-refractivity contribution in [3.05, 3.63) is 18.0 Å². The molecule has 0 aliphatic rings. The molecule has 10 heavy (non-hydrogen) atoms. The lowest BCUT2D eigenvalue weighted by Crippen LogP contribution is -1.73. The van der Waals surface area contributed by atoms with E-state index >= 15 is 0 Å². The Morgan fingerprint density at radius 3 is 3.10 bits per heavy atom. The maximum absolute atomic E-state index is 3.91. The van der Waals surface area contributed by atoms with Crippen LogP contribution in [0.1, 0.15) is 0 Å². The highest BCUT2D eigenvalue weighted by Crippen LogP contribution is 2.16. The summed E-state index contributed by atoms with van der Waals surface area (Å²) in [6, 6.07) is 0. The minimum absolute atomic E-state index is 0.780. The van der Waals surface area contributed by atoms with E-state index in [2.05, 4.69) is 20.2 Å². The minimum Gasteiger partial charge on any atom is -0.327 e. The average Bonchev–Trinajstić information content (AvgIpc) is 2.59. The number of H-pyrrole nitrogens is 1. The van der Waals surface area contributed by atoms with Gasteiger partial charge in [0.15, 0.2) is 5.82 Å². The molecule has 0 atom stereocenters. The van der Waals surface area contributed by atoms with E-state index in [1.807, 2.05) is 0 Å². The quantitative estimate of drug-likeness (QED) is 0.661. The molecule has 4 nitrogen and oxygen atoms in total. The topological polar surface area (TPSA) is 54.5 Å². The summed E-state index contributed by atoms with van der Waals surface area (Å²) in [4.78, 5) is 7.81. The molecule has 0 aliphatic heterocycles. The van der Waals surface area contributed by atoms with Crippen LogP contribution in [0.3, 0.4) is 0 Å². The predicted molar refractivity (Wildman–Crippen MR) is 37.5 cm³/mol. The third-order valence-electron chi connectivity index (χ3n) is 1.08. The van der Waals surface area contributed by atoms with Gasteiger partial charge in [-0.15, -0.1) is 21.5 Å². The molecule has 2 rings (SSSR count). The van der Waals surface area contributed by atoms with E-state index in [1.165, 1.54) is 11.3 Å². The number of hydrogen-bond acceptors (Lipinski definition) is 4. The lowest BCUT2D eigenvalue weighted by atomic mass is 10.5. The second kappa shape index (κ2) is 2.18. The largest absolute Gasteiger partial charge is 0.327 e. The van der Waals surface area contributed by atoms with Crippen LogP contribution >= 0.6 is 11.3 Å². The molecule has 0 spiro atoms. The molecule has 0 bridgehead atoms. The molecule has 1 N–H and O–H groups in total. The fraction of sp³-hybridized carbons (Fsp3) is 0. The van der Waals surface area contributed by atoms with Gasteiger partial charge < -0.3 is 4.98 Å². The zero-order valence-electron chi connectivity index (χ0n) is 4.98. The highest BCUT2D eigenvalue weighted by molar-refractivity contribution is 7.13. The van der Waals surface area contributed by atoms with E-state index in [1.54, 1.807) is 18.0 Å². The normalized spacial score (nSPS) is 10.0. The van der Waals surface area contributed by atoms with E-state index < -0.39 is 0 Å². The minimum atomic E-state index is 0.780. The van der Waals surface area contributed by atoms with Crippen LogP contribution in [0.15, 0.2) is 18.0 Å². The van der Waals surface area contributed by atoms with Crippen LogP contribution in [0.4, 0.5) is 0 Å². The van der Waals surface area contributed by atoms with Crippen molar-refractivity contribution in [1.82, 2.24) is 20.2 Å². The van der Waals surface area contributed by atoms with E-state index in [4.69, 9.17) is 0 Å². The van der Waals surface area contributed by atoms with Crippen molar-refractivity contribution in [2.75, 3.05) is 0 Å². The summed E-state index contributed by atoms with van der Waals surface area (Å²) < 4.78 is 0. The number of aromatic nitrogens is 4. The Kier molecular flexibility index (Phi) is 1.21. The van der Waals surface area contributed by atoms with Crippen LogP contribution in [0.5, 0.6) is 0 Å². The maximum atomic E-state index is 3.91. The smallest absolute Gasteiger partial charge is 0.172 e. The lowest BCUT2D eigenvalue weighted by Gasteiger charge is -1.81. The molecular weight excluding hydrogens is 148 g/mol. The molecule has 0 saturated heterocycles. The first-order chi connectivity index (χ1) is 4.97. The second-order valence-corrected chi connectivity index (χ2v) is 2.59. The summed E-state index contributed by atoms with van der Waals surface area (Å²) in [5.74, 6) is 0.780. The van der Waals surface area contributed by atoms with Gasteiger partial charge in [-0.25, -0.2) is 0 Å². The zero-order valence-corrected chi connectivity index (χ0v) is 5.80. The Bertz CT molecular complexity index is 253. The van der Waals surface area contributed by atoms with Gasteiger partial charge in [-0.05, 0) is 0 Å². The van der Waals surface area contributed by atoms with Crippen LogP contribution in [-0.4, -0.2) is 20.2 Å². The lowest BCUT2D eigenvalue weighted by molar-refractivity contribution is 1.10. The second-order valence-electron chi connectivity index (χ2n) is 1.70. The zero-order chi connectivity index (χ0) is 6.81. The van der Waals surface area contributed by atoms with Gasteiger partial charge in [-0.2, -0.15) is 0 Å². The molecule has 2 aromatic rings. The third-order valence-corrected chi connectivity index (χ3v) is 1.86. The Morgan fingerprint density at radius 2 is 2.50 bits per heavy atom. The van der Waals surface area contributed by atoms with Gasteiger partial charge in [0.25, 0.3) is 0 Å². The van der Waals surface area contributed by atoms with Crippen LogP contribution in [0.2, 0.25) is 0 Å². The van der Waals surface area contributed by atoms with Gasteiger partial charge in [0.1, 0.15) is 6.33 Å². The molecule has 0 aliphatic carbocycles. The number of nitrogens with zero attached hydrogens (tertiary/aromatic N) is 3. The standard InChI is InChI=1S/C5H4N4S/c1-4(10-3-6-1)5-7-2-8-9-5/h1-3H,(H,7,8,9). The highest BCUT2D eigenvalue weighted by atomic mass is 32.1. The average molecular weight is 152 g/mol. The molecule has 0 fully saturated rings. The first-order valence-electron chi connectivity index (χ1n) is 2.72. The summed E-state index contributed by atoms with van der Waals surface area (Å²) in [5, 5.41) is 7.48. The van der Waals surface area contributed by atoms with E-state index in [-0.39, 0.29) is 0 Å². The monoisotopic (exact) mass is 152 g/mol. The molecule has 2 heterocycles. The number of aromatic amines is 1. The van der Waals surface area contributed by atoms with Crippen LogP contribution in [-0.2, 0) is 0 Å². The van der Waals surface area contributed by atoms with Crippen molar-refractivity contribution in [3.8, 4) is 10.7 Å². The number of rotatable bonds is 1. The van der Waals surface area contributed by atoms with E-state index in [9.17, 15) is 0 Å². The van der Waals surface area contributed by atoms with Gasteiger partial charge >= 0.3 is 0 Å². The van der Waals surface area contributed by atoms with Crippen LogP contribution in [0.25, 0.3) is 10.7 Å². The SMILES string of the molecule is c1nnc(-c2cncs2)[nH]1. The van der Waals surface area contributed by atoms with Gasteiger partial charge in [-0.1, -0.05) is 0 Å². The van der Waals surface area contributed by atoms with Gasteiger partial charge in [0.05, 0.1) is 10.4 Å². The molecular formula is C5H4N4S. The molecule has 0 amide bonds. The van der Waals surface area contributed by atoms with Crippen molar-refractivity contribution >= 4 is 11.3 Å². The Hall–Kier alpha value is -1.23. The Balaban J connectivity index is 2.48. The van der Waals surface area contributed by atoms with Crippen LogP contribution in [0, 0.1) is 0 Å². The fourth-order valence-electron chi connectivity index (χ4n) is 0.659. The Morgan fingerprint density at radius 1 is 1.50 bits per heavy atom. The van der Waals surface area contributed by atoms with Gasteiger partial charge in [-0.3, -0.25) is 4.98 Å². The van der Waals surface area contributed by atoms with Crippen molar-refractivity contribution in [1.29, 1.82) is 0 Å². The highest BCUT2D eigenvalue weighted by Gasteiger charge is 1.99. The molecule has 0 unspecified atom stereocenters. The molecule has 50 valence electrons.